The number of para-hydroxylation sites is 1. The Labute approximate surface area is 163 Å². The van der Waals surface area contributed by atoms with Crippen LogP contribution in [-0.2, 0) is 30.3 Å². The lowest BCUT2D eigenvalue weighted by Crippen LogP contribution is -2.40. The number of rotatable bonds is 4. The fraction of sp³-hybridized carbons (Fsp3) is 0.524. The zero-order chi connectivity index (χ0) is 19.7. The lowest BCUT2D eigenvalue weighted by molar-refractivity contribution is -0.154. The third-order valence-corrected chi connectivity index (χ3v) is 5.99. The molecule has 2 atom stereocenters. The zero-order valence-corrected chi connectivity index (χ0v) is 15.8. The van der Waals surface area contributed by atoms with Gasteiger partial charge in [0, 0.05) is 12.2 Å². The van der Waals surface area contributed by atoms with Crippen LogP contribution in [0.15, 0.2) is 24.3 Å². The summed E-state index contributed by atoms with van der Waals surface area (Å²) >= 11 is 0. The molecule has 0 N–H and O–H groups in total. The molecular formula is C21H24N2O5. The summed E-state index contributed by atoms with van der Waals surface area (Å²) in [7, 11) is 0. The largest absolute Gasteiger partial charge is 0.454 e. The van der Waals surface area contributed by atoms with E-state index in [0.717, 1.165) is 41.8 Å². The first-order chi connectivity index (χ1) is 13.6. The van der Waals surface area contributed by atoms with Crippen LogP contribution in [0.3, 0.4) is 0 Å². The number of carbonyl (C=O) groups excluding carboxylic acids is 4. The van der Waals surface area contributed by atoms with E-state index in [1.54, 1.807) is 4.90 Å². The molecule has 2 heterocycles. The molecule has 0 unspecified atom stereocenters. The summed E-state index contributed by atoms with van der Waals surface area (Å²) in [6.07, 6.45) is 5.05. The molecule has 1 saturated heterocycles. The Morgan fingerprint density at radius 3 is 2.39 bits per heavy atom. The maximum absolute atomic E-state index is 12.5. The molecule has 28 heavy (non-hydrogen) atoms. The third-order valence-electron chi connectivity index (χ3n) is 5.99. The average molecular weight is 384 g/mol. The Balaban J connectivity index is 1.33. The van der Waals surface area contributed by atoms with Crippen LogP contribution in [0.4, 0.5) is 5.69 Å². The summed E-state index contributed by atoms with van der Waals surface area (Å²) < 4.78 is 5.11. The van der Waals surface area contributed by atoms with Gasteiger partial charge in [0.05, 0.1) is 11.8 Å². The number of hydrogen-bond acceptors (Lipinski definition) is 5. The third kappa shape index (κ3) is 3.41. The average Bonchev–Trinajstić information content (AvgIpc) is 2.96. The number of benzene rings is 1. The molecule has 1 aliphatic carbocycles. The van der Waals surface area contributed by atoms with Crippen LogP contribution in [0.1, 0.15) is 37.7 Å². The van der Waals surface area contributed by atoms with Crippen LogP contribution in [0.2, 0.25) is 0 Å². The van der Waals surface area contributed by atoms with Gasteiger partial charge < -0.3 is 9.64 Å². The number of amides is 3. The van der Waals surface area contributed by atoms with Gasteiger partial charge in [-0.05, 0) is 37.3 Å². The minimum atomic E-state index is -0.723. The van der Waals surface area contributed by atoms with Crippen molar-refractivity contribution in [3.05, 3.63) is 29.8 Å². The quantitative estimate of drug-likeness (QED) is 0.583. The highest BCUT2D eigenvalue weighted by Gasteiger charge is 2.48. The normalized spacial score (nSPS) is 24.0. The Morgan fingerprint density at radius 1 is 1.00 bits per heavy atom. The van der Waals surface area contributed by atoms with E-state index in [4.69, 9.17) is 4.74 Å². The van der Waals surface area contributed by atoms with Crippen molar-refractivity contribution < 1.29 is 23.9 Å². The second kappa shape index (κ2) is 7.73. The van der Waals surface area contributed by atoms with Crippen LogP contribution in [0.25, 0.3) is 0 Å². The van der Waals surface area contributed by atoms with Crippen molar-refractivity contribution in [2.24, 2.45) is 11.8 Å². The standard InChI is InChI=1S/C21H24N2O5/c24-18(22-11-5-7-14-6-1-4-10-17(14)22)13-28-19(25)12-23-20(26)15-8-2-3-9-16(15)21(23)27/h1,4,6,10,15-16H,2-3,5,7-9,11-13H2/t15-,16+. The topological polar surface area (TPSA) is 84.0 Å². The van der Waals surface area contributed by atoms with Crippen molar-refractivity contribution in [3.63, 3.8) is 0 Å². The number of hydrogen-bond donors (Lipinski definition) is 0. The summed E-state index contributed by atoms with van der Waals surface area (Å²) in [5.74, 6) is -2.15. The number of imide groups is 1. The van der Waals surface area contributed by atoms with E-state index in [1.807, 2.05) is 24.3 Å². The summed E-state index contributed by atoms with van der Waals surface area (Å²) in [5, 5.41) is 0. The minimum Gasteiger partial charge on any atom is -0.454 e. The molecule has 1 aromatic carbocycles. The SMILES string of the molecule is O=C(CN1C(=O)[C@H]2CCCC[C@H]2C1=O)OCC(=O)N1CCCc2ccccc21. The molecule has 1 saturated carbocycles. The number of aryl methyl sites for hydroxylation is 1. The fourth-order valence-corrected chi connectivity index (χ4v) is 4.57. The monoisotopic (exact) mass is 384 g/mol. The van der Waals surface area contributed by atoms with Gasteiger partial charge in [-0.2, -0.15) is 0 Å². The zero-order valence-electron chi connectivity index (χ0n) is 15.8. The highest BCUT2D eigenvalue weighted by Crippen LogP contribution is 2.37. The Morgan fingerprint density at radius 2 is 1.68 bits per heavy atom. The number of ether oxygens (including phenoxy) is 1. The van der Waals surface area contributed by atoms with Crippen LogP contribution in [0.5, 0.6) is 0 Å². The first kappa shape index (κ1) is 18.7. The van der Waals surface area contributed by atoms with E-state index >= 15 is 0 Å². The molecule has 2 aliphatic heterocycles. The van der Waals surface area contributed by atoms with Crippen molar-refractivity contribution in [1.29, 1.82) is 0 Å². The Kier molecular flexibility index (Phi) is 5.15. The number of anilines is 1. The van der Waals surface area contributed by atoms with Crippen molar-refractivity contribution in [2.45, 2.75) is 38.5 Å². The second-order valence-electron chi connectivity index (χ2n) is 7.70. The summed E-state index contributed by atoms with van der Waals surface area (Å²) in [5.41, 5.74) is 1.95. The Hall–Kier alpha value is -2.70. The predicted octanol–water partition coefficient (Wildman–Crippen LogP) is 1.68. The lowest BCUT2D eigenvalue weighted by atomic mass is 9.81. The summed E-state index contributed by atoms with van der Waals surface area (Å²) in [4.78, 5) is 52.2. The number of fused-ring (bicyclic) bond motifs is 2. The van der Waals surface area contributed by atoms with Gasteiger partial charge in [0.15, 0.2) is 6.61 Å². The van der Waals surface area contributed by atoms with Gasteiger partial charge in [-0.15, -0.1) is 0 Å². The van der Waals surface area contributed by atoms with Crippen molar-refractivity contribution in [1.82, 2.24) is 4.90 Å². The van der Waals surface area contributed by atoms with Crippen molar-refractivity contribution in [3.8, 4) is 0 Å². The van der Waals surface area contributed by atoms with Gasteiger partial charge in [0.25, 0.3) is 5.91 Å². The molecule has 1 aromatic rings. The van der Waals surface area contributed by atoms with Gasteiger partial charge in [-0.25, -0.2) is 0 Å². The van der Waals surface area contributed by atoms with E-state index in [-0.39, 0.29) is 29.6 Å². The molecule has 2 fully saturated rings. The number of carbonyl (C=O) groups is 4. The maximum atomic E-state index is 12.5. The molecule has 0 bridgehead atoms. The molecular weight excluding hydrogens is 360 g/mol. The van der Waals surface area contributed by atoms with Crippen LogP contribution >= 0.6 is 0 Å². The molecule has 0 radical (unpaired) electrons. The first-order valence-corrected chi connectivity index (χ1v) is 9.95. The lowest BCUT2D eigenvalue weighted by Gasteiger charge is -2.29. The van der Waals surface area contributed by atoms with Gasteiger partial charge in [-0.3, -0.25) is 24.1 Å². The Bertz CT molecular complexity index is 797. The smallest absolute Gasteiger partial charge is 0.326 e. The molecule has 148 valence electrons. The number of nitrogens with zero attached hydrogens (tertiary/aromatic N) is 2. The van der Waals surface area contributed by atoms with Gasteiger partial charge in [0.2, 0.25) is 11.8 Å². The molecule has 3 amide bonds. The molecule has 7 nitrogen and oxygen atoms in total. The molecule has 3 aliphatic rings. The molecule has 4 rings (SSSR count). The highest BCUT2D eigenvalue weighted by atomic mass is 16.5. The number of likely N-dealkylation sites (tertiary alicyclic amines) is 1. The minimum absolute atomic E-state index is 0.275. The predicted molar refractivity (Wildman–Crippen MR) is 100 cm³/mol. The van der Waals surface area contributed by atoms with Crippen molar-refractivity contribution in [2.75, 3.05) is 24.6 Å². The maximum Gasteiger partial charge on any atom is 0.326 e. The van der Waals surface area contributed by atoms with Crippen molar-refractivity contribution >= 4 is 29.4 Å². The summed E-state index contributed by atoms with van der Waals surface area (Å²) in [6.45, 7) is -0.218. The van der Waals surface area contributed by atoms with E-state index in [2.05, 4.69) is 0 Å². The fourth-order valence-electron chi connectivity index (χ4n) is 4.57. The van der Waals surface area contributed by atoms with E-state index in [0.29, 0.717) is 19.4 Å². The second-order valence-corrected chi connectivity index (χ2v) is 7.70. The van der Waals surface area contributed by atoms with E-state index in [1.165, 1.54) is 0 Å². The molecule has 7 heteroatoms. The van der Waals surface area contributed by atoms with E-state index in [9.17, 15) is 19.2 Å². The molecule has 0 aromatic heterocycles. The first-order valence-electron chi connectivity index (χ1n) is 9.95. The number of esters is 1. The highest BCUT2D eigenvalue weighted by molar-refractivity contribution is 6.07. The van der Waals surface area contributed by atoms with Crippen LogP contribution in [-0.4, -0.2) is 48.3 Å². The van der Waals surface area contributed by atoms with Crippen LogP contribution in [0, 0.1) is 11.8 Å². The van der Waals surface area contributed by atoms with Crippen LogP contribution < -0.4 is 4.90 Å². The van der Waals surface area contributed by atoms with Gasteiger partial charge >= 0.3 is 5.97 Å². The van der Waals surface area contributed by atoms with E-state index < -0.39 is 19.1 Å². The summed E-state index contributed by atoms with van der Waals surface area (Å²) in [6, 6.07) is 7.69. The van der Waals surface area contributed by atoms with Gasteiger partial charge in [0.1, 0.15) is 6.54 Å². The molecule has 0 spiro atoms. The van der Waals surface area contributed by atoms with Gasteiger partial charge in [-0.1, -0.05) is 31.0 Å².